The minimum atomic E-state index is 0.653. The van der Waals surface area contributed by atoms with Crippen molar-refractivity contribution in [2.75, 3.05) is 0 Å². The first kappa shape index (κ1) is 23.3. The highest BCUT2D eigenvalue weighted by atomic mass is 35.5. The van der Waals surface area contributed by atoms with E-state index in [0.717, 1.165) is 60.8 Å². The van der Waals surface area contributed by atoms with E-state index in [2.05, 4.69) is 84.9 Å². The number of hydrogen-bond acceptors (Lipinski definition) is 2. The number of rotatable bonds is 4. The van der Waals surface area contributed by atoms with Gasteiger partial charge in [0.2, 0.25) is 0 Å². The molecule has 0 unspecified atom stereocenters. The van der Waals surface area contributed by atoms with Crippen molar-refractivity contribution in [1.29, 1.82) is 0 Å². The van der Waals surface area contributed by atoms with Gasteiger partial charge in [-0.2, -0.15) is 0 Å². The van der Waals surface area contributed by atoms with E-state index in [9.17, 15) is 0 Å². The van der Waals surface area contributed by atoms with Crippen LogP contribution in [0.5, 0.6) is 0 Å². The van der Waals surface area contributed by atoms with Crippen LogP contribution in [0.3, 0.4) is 0 Å². The van der Waals surface area contributed by atoms with Crippen molar-refractivity contribution in [3.8, 4) is 44.9 Å². The van der Waals surface area contributed by atoms with Crippen molar-refractivity contribution < 1.29 is 0 Å². The lowest BCUT2D eigenvalue weighted by atomic mass is 9.91. The standard InChI is InChI=1S/C36H23ClN2/c37-33-21-28(20-27-18-10-11-19-29(27)33)36-38-34-23-31(25-14-6-2-7-15-25)30(24-12-4-1-5-13-24)22-32(34)35(39-36)26-16-8-3-9-17-26/h1-23H. The van der Waals surface area contributed by atoms with Crippen LogP contribution < -0.4 is 0 Å². The van der Waals surface area contributed by atoms with Gasteiger partial charge in [0.15, 0.2) is 5.82 Å². The zero-order chi connectivity index (χ0) is 26.2. The molecule has 3 heteroatoms. The molecule has 184 valence electrons. The summed E-state index contributed by atoms with van der Waals surface area (Å²) in [5, 5.41) is 3.79. The molecule has 1 heterocycles. The second-order valence-corrected chi connectivity index (χ2v) is 10.00. The summed E-state index contributed by atoms with van der Waals surface area (Å²) in [6.45, 7) is 0. The summed E-state index contributed by atoms with van der Waals surface area (Å²) < 4.78 is 0. The molecule has 0 atom stereocenters. The maximum atomic E-state index is 6.73. The summed E-state index contributed by atoms with van der Waals surface area (Å²) in [4.78, 5) is 10.3. The Balaban J connectivity index is 1.55. The molecule has 1 aromatic heterocycles. The molecule has 0 saturated heterocycles. The highest BCUT2D eigenvalue weighted by Crippen LogP contribution is 2.39. The zero-order valence-electron chi connectivity index (χ0n) is 21.1. The van der Waals surface area contributed by atoms with Crippen LogP contribution in [0, 0.1) is 0 Å². The number of nitrogens with zero attached hydrogens (tertiary/aromatic N) is 2. The molecule has 0 saturated carbocycles. The minimum Gasteiger partial charge on any atom is -0.228 e. The molecule has 0 aliphatic carbocycles. The van der Waals surface area contributed by atoms with E-state index in [1.165, 1.54) is 0 Å². The van der Waals surface area contributed by atoms with E-state index in [-0.39, 0.29) is 0 Å². The van der Waals surface area contributed by atoms with Crippen LogP contribution in [0.2, 0.25) is 5.02 Å². The van der Waals surface area contributed by atoms with E-state index >= 15 is 0 Å². The molecule has 0 spiro atoms. The second-order valence-electron chi connectivity index (χ2n) is 9.59. The molecule has 0 bridgehead atoms. The van der Waals surface area contributed by atoms with Crippen molar-refractivity contribution in [3.63, 3.8) is 0 Å². The molecule has 0 fully saturated rings. The quantitative estimate of drug-likeness (QED) is 0.231. The van der Waals surface area contributed by atoms with Gasteiger partial charge in [-0.15, -0.1) is 0 Å². The average molecular weight is 519 g/mol. The van der Waals surface area contributed by atoms with Gasteiger partial charge in [0.1, 0.15) is 0 Å². The van der Waals surface area contributed by atoms with E-state index < -0.39 is 0 Å². The molecule has 6 aromatic carbocycles. The topological polar surface area (TPSA) is 25.8 Å². The fourth-order valence-corrected chi connectivity index (χ4v) is 5.52. The van der Waals surface area contributed by atoms with Gasteiger partial charge >= 0.3 is 0 Å². The van der Waals surface area contributed by atoms with Crippen molar-refractivity contribution in [2.24, 2.45) is 0 Å². The molecule has 7 aromatic rings. The normalized spacial score (nSPS) is 11.2. The fraction of sp³-hybridized carbons (Fsp3) is 0. The van der Waals surface area contributed by atoms with Crippen LogP contribution >= 0.6 is 11.6 Å². The number of halogens is 1. The fourth-order valence-electron chi connectivity index (χ4n) is 5.23. The largest absolute Gasteiger partial charge is 0.228 e. The van der Waals surface area contributed by atoms with E-state index in [4.69, 9.17) is 21.6 Å². The van der Waals surface area contributed by atoms with E-state index in [1.54, 1.807) is 0 Å². The Morgan fingerprint density at radius 3 is 1.67 bits per heavy atom. The first-order chi connectivity index (χ1) is 19.2. The Hall–Kier alpha value is -4.79. The smallest absolute Gasteiger partial charge is 0.160 e. The summed E-state index contributed by atoms with van der Waals surface area (Å²) in [7, 11) is 0. The Labute approximate surface area is 232 Å². The Morgan fingerprint density at radius 2 is 1.00 bits per heavy atom. The molecule has 7 rings (SSSR count). The lowest BCUT2D eigenvalue weighted by molar-refractivity contribution is 1.23. The molecular formula is C36H23ClN2. The molecule has 0 N–H and O–H groups in total. The van der Waals surface area contributed by atoms with Crippen molar-refractivity contribution in [2.45, 2.75) is 0 Å². The molecule has 0 aliphatic rings. The van der Waals surface area contributed by atoms with Crippen LogP contribution in [0.25, 0.3) is 66.6 Å². The van der Waals surface area contributed by atoms with Crippen LogP contribution in [-0.4, -0.2) is 9.97 Å². The highest BCUT2D eigenvalue weighted by molar-refractivity contribution is 6.35. The van der Waals surface area contributed by atoms with Crippen molar-refractivity contribution >= 4 is 33.3 Å². The third kappa shape index (κ3) is 4.35. The predicted octanol–water partition coefficient (Wildman–Crippen LogP) is 10.1. The van der Waals surface area contributed by atoms with E-state index in [1.807, 2.05) is 54.6 Å². The summed E-state index contributed by atoms with van der Waals surface area (Å²) in [5.74, 6) is 0.653. The molecule has 39 heavy (non-hydrogen) atoms. The van der Waals surface area contributed by atoms with Crippen molar-refractivity contribution in [1.82, 2.24) is 9.97 Å². The molecule has 2 nitrogen and oxygen atoms in total. The van der Waals surface area contributed by atoms with Gasteiger partial charge in [-0.05, 0) is 51.9 Å². The van der Waals surface area contributed by atoms with Gasteiger partial charge in [-0.1, -0.05) is 127 Å². The first-order valence-corrected chi connectivity index (χ1v) is 13.3. The summed E-state index contributed by atoms with van der Waals surface area (Å²) in [5.41, 5.74) is 8.32. The Morgan fingerprint density at radius 1 is 0.436 bits per heavy atom. The second kappa shape index (κ2) is 9.83. The van der Waals surface area contributed by atoms with Gasteiger partial charge < -0.3 is 0 Å². The number of aromatic nitrogens is 2. The predicted molar refractivity (Wildman–Crippen MR) is 164 cm³/mol. The van der Waals surface area contributed by atoms with Gasteiger partial charge in [-0.25, -0.2) is 9.97 Å². The van der Waals surface area contributed by atoms with E-state index in [0.29, 0.717) is 10.8 Å². The van der Waals surface area contributed by atoms with Gasteiger partial charge in [0.25, 0.3) is 0 Å². The lowest BCUT2D eigenvalue weighted by Crippen LogP contribution is -1.97. The van der Waals surface area contributed by atoms with Gasteiger partial charge in [0, 0.05) is 26.9 Å². The maximum absolute atomic E-state index is 6.73. The SMILES string of the molecule is Clc1cc(-c2nc(-c3ccccc3)c3cc(-c4ccccc4)c(-c4ccccc4)cc3n2)cc2ccccc12. The Kier molecular flexibility index (Phi) is 5.88. The maximum Gasteiger partial charge on any atom is 0.160 e. The molecule has 0 aliphatic heterocycles. The summed E-state index contributed by atoms with van der Waals surface area (Å²) >= 11 is 6.73. The lowest BCUT2D eigenvalue weighted by Gasteiger charge is -2.16. The molecular weight excluding hydrogens is 496 g/mol. The zero-order valence-corrected chi connectivity index (χ0v) is 21.8. The summed E-state index contributed by atoms with van der Waals surface area (Å²) in [6, 6.07) is 48.0. The highest BCUT2D eigenvalue weighted by Gasteiger charge is 2.17. The van der Waals surface area contributed by atoms with Crippen LogP contribution in [-0.2, 0) is 0 Å². The average Bonchev–Trinajstić information content (AvgIpc) is 3.01. The molecule has 0 amide bonds. The first-order valence-electron chi connectivity index (χ1n) is 13.0. The summed E-state index contributed by atoms with van der Waals surface area (Å²) in [6.07, 6.45) is 0. The molecule has 0 radical (unpaired) electrons. The van der Waals surface area contributed by atoms with Crippen LogP contribution in [0.4, 0.5) is 0 Å². The third-order valence-corrected chi connectivity index (χ3v) is 7.43. The number of fused-ring (bicyclic) bond motifs is 2. The number of hydrogen-bond donors (Lipinski definition) is 0. The van der Waals surface area contributed by atoms with Crippen molar-refractivity contribution in [3.05, 3.63) is 145 Å². The van der Waals surface area contributed by atoms with Gasteiger partial charge in [-0.3, -0.25) is 0 Å². The van der Waals surface area contributed by atoms with Crippen LogP contribution in [0.1, 0.15) is 0 Å². The minimum absolute atomic E-state index is 0.653. The van der Waals surface area contributed by atoms with Crippen LogP contribution in [0.15, 0.2) is 140 Å². The van der Waals surface area contributed by atoms with Gasteiger partial charge in [0.05, 0.1) is 11.2 Å². The monoisotopic (exact) mass is 518 g/mol. The third-order valence-electron chi connectivity index (χ3n) is 7.12. The number of benzene rings is 6. The Bertz CT molecular complexity index is 1950.